The molecule has 0 spiro atoms. The van der Waals surface area contributed by atoms with Gasteiger partial charge in [-0.05, 0) is 37.1 Å². The van der Waals surface area contributed by atoms with Gasteiger partial charge in [0, 0.05) is 34.7 Å². The molecule has 2 heterocycles. The van der Waals surface area contributed by atoms with Gasteiger partial charge in [-0.15, -0.1) is 11.3 Å². The number of aromatic nitrogens is 2. The summed E-state index contributed by atoms with van der Waals surface area (Å²) in [6, 6.07) is 16.7. The number of aryl methyl sites for hydroxylation is 1. The third-order valence-electron chi connectivity index (χ3n) is 4.52. The fraction of sp³-hybridized carbons (Fsp3) is 0.136. The molecule has 0 aliphatic rings. The highest BCUT2D eigenvalue weighted by Gasteiger charge is 2.07. The second-order valence-corrected chi connectivity index (χ2v) is 7.40. The van der Waals surface area contributed by atoms with Gasteiger partial charge in [-0.25, -0.2) is 4.98 Å². The highest BCUT2D eigenvalue weighted by Crippen LogP contribution is 2.24. The van der Waals surface area contributed by atoms with E-state index < -0.39 is 0 Å². The molecule has 0 aliphatic carbocycles. The molecule has 2 aromatic carbocycles. The maximum Gasteiger partial charge on any atom is 0.187 e. The van der Waals surface area contributed by atoms with E-state index in [-0.39, 0.29) is 0 Å². The molecule has 4 rings (SSSR count). The molecule has 136 valence electrons. The normalized spacial score (nSPS) is 10.9. The first kappa shape index (κ1) is 17.4. The number of H-pyrrole nitrogens is 1. The van der Waals surface area contributed by atoms with E-state index in [1.165, 1.54) is 22.0 Å². The SMILES string of the molecule is C=C(NCCc1c[nH]c2ccccc12)c1csc(Nc2ccc(C)cc2)n1. The number of hydrogen-bond acceptors (Lipinski definition) is 4. The third kappa shape index (κ3) is 4.04. The Morgan fingerprint density at radius 3 is 2.81 bits per heavy atom. The number of anilines is 2. The first-order valence-electron chi connectivity index (χ1n) is 8.96. The van der Waals surface area contributed by atoms with Gasteiger partial charge in [-0.2, -0.15) is 0 Å². The van der Waals surface area contributed by atoms with Crippen molar-refractivity contribution in [2.24, 2.45) is 0 Å². The quantitative estimate of drug-likeness (QED) is 0.401. The summed E-state index contributed by atoms with van der Waals surface area (Å²) >= 11 is 1.58. The predicted molar refractivity (Wildman–Crippen MR) is 116 cm³/mol. The third-order valence-corrected chi connectivity index (χ3v) is 5.28. The summed E-state index contributed by atoms with van der Waals surface area (Å²) in [5.74, 6) is 0. The van der Waals surface area contributed by atoms with Gasteiger partial charge in [0.05, 0.1) is 11.4 Å². The van der Waals surface area contributed by atoms with Gasteiger partial charge in [-0.1, -0.05) is 42.5 Å². The molecule has 4 nitrogen and oxygen atoms in total. The number of rotatable bonds is 7. The lowest BCUT2D eigenvalue weighted by Gasteiger charge is -2.07. The lowest BCUT2D eigenvalue weighted by molar-refractivity contribution is 0.850. The Bertz CT molecular complexity index is 1060. The van der Waals surface area contributed by atoms with E-state index in [9.17, 15) is 0 Å². The van der Waals surface area contributed by atoms with Gasteiger partial charge in [0.1, 0.15) is 0 Å². The molecule has 3 N–H and O–H groups in total. The number of fused-ring (bicyclic) bond motifs is 1. The monoisotopic (exact) mass is 374 g/mol. The van der Waals surface area contributed by atoms with Crippen molar-refractivity contribution in [1.82, 2.24) is 15.3 Å². The van der Waals surface area contributed by atoms with Crippen molar-refractivity contribution in [3.8, 4) is 0 Å². The molecule has 0 radical (unpaired) electrons. The van der Waals surface area contributed by atoms with Crippen molar-refractivity contribution in [1.29, 1.82) is 0 Å². The van der Waals surface area contributed by atoms with Crippen molar-refractivity contribution >= 4 is 38.8 Å². The van der Waals surface area contributed by atoms with Crippen molar-refractivity contribution in [2.45, 2.75) is 13.3 Å². The Morgan fingerprint density at radius 1 is 1.15 bits per heavy atom. The second-order valence-electron chi connectivity index (χ2n) is 6.54. The van der Waals surface area contributed by atoms with Crippen LogP contribution in [-0.2, 0) is 6.42 Å². The zero-order valence-electron chi connectivity index (χ0n) is 15.3. The molecule has 0 saturated heterocycles. The number of aromatic amines is 1. The average molecular weight is 375 g/mol. The second kappa shape index (κ2) is 7.68. The van der Waals surface area contributed by atoms with Crippen LogP contribution in [-0.4, -0.2) is 16.5 Å². The maximum absolute atomic E-state index is 4.63. The molecule has 0 atom stereocenters. The Kier molecular flexibility index (Phi) is 4.94. The molecule has 27 heavy (non-hydrogen) atoms. The number of thiazole rings is 1. The Hall–Kier alpha value is -3.05. The minimum Gasteiger partial charge on any atom is -0.383 e. The molecule has 5 heteroatoms. The van der Waals surface area contributed by atoms with Crippen molar-refractivity contribution < 1.29 is 0 Å². The van der Waals surface area contributed by atoms with Crippen LogP contribution in [0.4, 0.5) is 10.8 Å². The average Bonchev–Trinajstić information content (AvgIpc) is 3.31. The van der Waals surface area contributed by atoms with Gasteiger partial charge >= 0.3 is 0 Å². The highest BCUT2D eigenvalue weighted by atomic mass is 32.1. The number of hydrogen-bond donors (Lipinski definition) is 3. The Balaban J connectivity index is 1.33. The van der Waals surface area contributed by atoms with Crippen LogP contribution in [0.15, 0.2) is 66.7 Å². The first-order valence-corrected chi connectivity index (χ1v) is 9.84. The lowest BCUT2D eigenvalue weighted by atomic mass is 10.1. The van der Waals surface area contributed by atoms with Crippen LogP contribution in [0.5, 0.6) is 0 Å². The molecule has 4 aromatic rings. The van der Waals surface area contributed by atoms with Gasteiger partial charge < -0.3 is 15.6 Å². The van der Waals surface area contributed by atoms with Crippen LogP contribution in [0.25, 0.3) is 16.6 Å². The minimum atomic E-state index is 0.818. The van der Waals surface area contributed by atoms with Crippen molar-refractivity contribution in [3.05, 3.63) is 83.5 Å². The van der Waals surface area contributed by atoms with E-state index in [0.29, 0.717) is 0 Å². The van der Waals surface area contributed by atoms with Gasteiger partial charge in [-0.3, -0.25) is 0 Å². The largest absolute Gasteiger partial charge is 0.383 e. The van der Waals surface area contributed by atoms with E-state index in [1.807, 2.05) is 11.4 Å². The van der Waals surface area contributed by atoms with Crippen LogP contribution in [0.1, 0.15) is 16.8 Å². The molecule has 0 aliphatic heterocycles. The molecular formula is C22H22N4S. The summed E-state index contributed by atoms with van der Waals surface area (Å²) in [6.45, 7) is 7.03. The Labute approximate surface area is 163 Å². The summed E-state index contributed by atoms with van der Waals surface area (Å²) in [6.07, 6.45) is 3.02. The zero-order valence-corrected chi connectivity index (χ0v) is 16.1. The van der Waals surface area contributed by atoms with E-state index in [2.05, 4.69) is 82.8 Å². The number of para-hydroxylation sites is 1. The summed E-state index contributed by atoms with van der Waals surface area (Å²) in [5, 5.41) is 10.9. The fourth-order valence-electron chi connectivity index (χ4n) is 3.01. The van der Waals surface area contributed by atoms with Crippen LogP contribution in [0.2, 0.25) is 0 Å². The van der Waals surface area contributed by atoms with Crippen LogP contribution in [0.3, 0.4) is 0 Å². The predicted octanol–water partition coefficient (Wildman–Crippen LogP) is 5.48. The smallest absolute Gasteiger partial charge is 0.187 e. The fourth-order valence-corrected chi connectivity index (χ4v) is 3.75. The van der Waals surface area contributed by atoms with Gasteiger partial charge in [0.15, 0.2) is 5.13 Å². The lowest BCUT2D eigenvalue weighted by Crippen LogP contribution is -2.15. The van der Waals surface area contributed by atoms with Crippen LogP contribution < -0.4 is 10.6 Å². The highest BCUT2D eigenvalue weighted by molar-refractivity contribution is 7.13. The summed E-state index contributed by atoms with van der Waals surface area (Å²) in [4.78, 5) is 7.95. The maximum atomic E-state index is 4.63. The van der Waals surface area contributed by atoms with E-state index in [0.717, 1.165) is 35.2 Å². The van der Waals surface area contributed by atoms with Crippen LogP contribution >= 0.6 is 11.3 Å². The summed E-state index contributed by atoms with van der Waals surface area (Å²) < 4.78 is 0. The summed E-state index contributed by atoms with van der Waals surface area (Å²) in [7, 11) is 0. The summed E-state index contributed by atoms with van der Waals surface area (Å²) in [5.41, 5.74) is 6.51. The molecule has 0 amide bonds. The van der Waals surface area contributed by atoms with Crippen molar-refractivity contribution in [2.75, 3.05) is 11.9 Å². The number of nitrogens with one attached hydrogen (secondary N) is 3. The molecule has 0 saturated carbocycles. The van der Waals surface area contributed by atoms with Gasteiger partial charge in [0.2, 0.25) is 0 Å². The van der Waals surface area contributed by atoms with E-state index in [4.69, 9.17) is 0 Å². The standard InChI is InChI=1S/C22H22N4S/c1-15-7-9-18(10-8-15)25-22-26-21(14-27-22)16(2)23-12-11-17-13-24-20-6-4-3-5-19(17)20/h3-10,13-14,23-24H,2,11-12H2,1H3,(H,25,26). The van der Waals surface area contributed by atoms with E-state index in [1.54, 1.807) is 11.3 Å². The molecule has 0 unspecified atom stereocenters. The molecule has 0 bridgehead atoms. The molecule has 0 fully saturated rings. The number of nitrogens with zero attached hydrogens (tertiary/aromatic N) is 1. The zero-order chi connectivity index (χ0) is 18.6. The Morgan fingerprint density at radius 2 is 1.96 bits per heavy atom. The van der Waals surface area contributed by atoms with Crippen LogP contribution in [0, 0.1) is 6.92 Å². The molecule has 2 aromatic heterocycles. The van der Waals surface area contributed by atoms with Crippen molar-refractivity contribution in [3.63, 3.8) is 0 Å². The topological polar surface area (TPSA) is 52.7 Å². The van der Waals surface area contributed by atoms with Gasteiger partial charge in [0.25, 0.3) is 0 Å². The number of benzene rings is 2. The van der Waals surface area contributed by atoms with E-state index >= 15 is 0 Å². The molecular weight excluding hydrogens is 352 g/mol. The minimum absolute atomic E-state index is 0.818. The first-order chi connectivity index (χ1) is 13.2.